The molecule has 0 bridgehead atoms. The lowest BCUT2D eigenvalue weighted by molar-refractivity contribution is 0.536. The summed E-state index contributed by atoms with van der Waals surface area (Å²) in [4.78, 5) is 5.56. The van der Waals surface area contributed by atoms with Crippen LogP contribution in [0.1, 0.15) is 12.1 Å². The molecular weight excluding hydrogens is 234 g/mol. The van der Waals surface area contributed by atoms with Crippen LogP contribution in [-0.2, 0) is 6.54 Å². The zero-order valence-corrected chi connectivity index (χ0v) is 10.3. The standard InChI is InChI=1S/C12H15N3OS/c1-2-11(17-5-1)12-15-10(8-16-12)7-14-9-3-4-13-6-9/h1-2,5,8-9,13-14H,3-4,6-7H2. The first-order chi connectivity index (χ1) is 8.42. The quantitative estimate of drug-likeness (QED) is 0.868. The van der Waals surface area contributed by atoms with Crippen molar-refractivity contribution in [1.82, 2.24) is 15.6 Å². The van der Waals surface area contributed by atoms with E-state index in [4.69, 9.17) is 4.42 Å². The molecule has 3 heterocycles. The molecule has 1 unspecified atom stereocenters. The molecule has 2 aromatic heterocycles. The zero-order chi connectivity index (χ0) is 11.5. The van der Waals surface area contributed by atoms with E-state index < -0.39 is 0 Å². The molecule has 90 valence electrons. The molecule has 0 saturated carbocycles. The highest BCUT2D eigenvalue weighted by Gasteiger charge is 2.14. The van der Waals surface area contributed by atoms with Crippen LogP contribution in [-0.4, -0.2) is 24.1 Å². The van der Waals surface area contributed by atoms with Crippen LogP contribution in [0.4, 0.5) is 0 Å². The third kappa shape index (κ3) is 2.57. The molecule has 0 aromatic carbocycles. The largest absolute Gasteiger partial charge is 0.444 e. The summed E-state index contributed by atoms with van der Waals surface area (Å²) >= 11 is 1.65. The summed E-state index contributed by atoms with van der Waals surface area (Å²) in [7, 11) is 0. The number of hydrogen-bond acceptors (Lipinski definition) is 5. The predicted molar refractivity (Wildman–Crippen MR) is 67.9 cm³/mol. The van der Waals surface area contributed by atoms with Crippen molar-refractivity contribution in [3.63, 3.8) is 0 Å². The van der Waals surface area contributed by atoms with Gasteiger partial charge in [0, 0.05) is 19.1 Å². The predicted octanol–water partition coefficient (Wildman–Crippen LogP) is 1.85. The lowest BCUT2D eigenvalue weighted by atomic mass is 10.2. The SMILES string of the molecule is c1csc(-c2nc(CNC3CCNC3)co2)c1. The smallest absolute Gasteiger partial charge is 0.236 e. The summed E-state index contributed by atoms with van der Waals surface area (Å²) in [5.74, 6) is 0.723. The van der Waals surface area contributed by atoms with Crippen molar-refractivity contribution >= 4 is 11.3 Å². The molecule has 2 N–H and O–H groups in total. The van der Waals surface area contributed by atoms with E-state index >= 15 is 0 Å². The molecule has 4 nitrogen and oxygen atoms in total. The van der Waals surface area contributed by atoms with Gasteiger partial charge in [-0.05, 0) is 24.4 Å². The van der Waals surface area contributed by atoms with Gasteiger partial charge in [0.2, 0.25) is 5.89 Å². The molecule has 1 saturated heterocycles. The van der Waals surface area contributed by atoms with Crippen molar-refractivity contribution in [2.75, 3.05) is 13.1 Å². The van der Waals surface area contributed by atoms with Crippen LogP contribution in [0.2, 0.25) is 0 Å². The summed E-state index contributed by atoms with van der Waals surface area (Å²) in [5, 5.41) is 8.84. The molecule has 2 aromatic rings. The summed E-state index contributed by atoms with van der Waals surface area (Å²) in [6.07, 6.45) is 2.93. The number of rotatable bonds is 4. The minimum Gasteiger partial charge on any atom is -0.444 e. The topological polar surface area (TPSA) is 50.1 Å². The Kier molecular flexibility index (Phi) is 3.22. The van der Waals surface area contributed by atoms with Gasteiger partial charge >= 0.3 is 0 Å². The summed E-state index contributed by atoms with van der Waals surface area (Å²) in [5.41, 5.74) is 0.973. The second-order valence-corrected chi connectivity index (χ2v) is 5.14. The van der Waals surface area contributed by atoms with Gasteiger partial charge in [0.25, 0.3) is 0 Å². The second kappa shape index (κ2) is 5.00. The van der Waals surface area contributed by atoms with E-state index in [0.717, 1.165) is 36.1 Å². The van der Waals surface area contributed by atoms with Crippen LogP contribution in [0, 0.1) is 0 Å². The lowest BCUT2D eigenvalue weighted by Gasteiger charge is -2.08. The Morgan fingerprint density at radius 1 is 1.59 bits per heavy atom. The van der Waals surface area contributed by atoms with Crippen LogP contribution < -0.4 is 10.6 Å². The van der Waals surface area contributed by atoms with Gasteiger partial charge in [0.15, 0.2) is 0 Å². The number of oxazole rings is 1. The van der Waals surface area contributed by atoms with Gasteiger partial charge in [-0.1, -0.05) is 6.07 Å². The van der Waals surface area contributed by atoms with Crippen molar-refractivity contribution in [2.24, 2.45) is 0 Å². The maximum Gasteiger partial charge on any atom is 0.236 e. The first-order valence-corrected chi connectivity index (χ1v) is 6.72. The minimum absolute atomic E-state index is 0.567. The molecule has 1 aliphatic heterocycles. The summed E-state index contributed by atoms with van der Waals surface area (Å²) in [6.45, 7) is 2.94. The number of thiophene rings is 1. The van der Waals surface area contributed by atoms with E-state index in [1.807, 2.05) is 17.5 Å². The Morgan fingerprint density at radius 3 is 3.35 bits per heavy atom. The van der Waals surface area contributed by atoms with E-state index in [1.54, 1.807) is 17.6 Å². The zero-order valence-electron chi connectivity index (χ0n) is 9.48. The first-order valence-electron chi connectivity index (χ1n) is 5.84. The Labute approximate surface area is 104 Å². The molecule has 0 aliphatic carbocycles. The van der Waals surface area contributed by atoms with Gasteiger partial charge in [0.1, 0.15) is 6.26 Å². The first kappa shape index (κ1) is 11.0. The number of hydrogen-bond donors (Lipinski definition) is 2. The van der Waals surface area contributed by atoms with Crippen molar-refractivity contribution in [1.29, 1.82) is 0 Å². The average Bonchev–Trinajstić information content (AvgIpc) is 3.09. The van der Waals surface area contributed by atoms with E-state index in [0.29, 0.717) is 6.04 Å². The van der Waals surface area contributed by atoms with Gasteiger partial charge in [-0.15, -0.1) is 11.3 Å². The normalized spacial score (nSPS) is 19.9. The molecular formula is C12H15N3OS. The maximum absolute atomic E-state index is 5.47. The van der Waals surface area contributed by atoms with Crippen LogP contribution in [0.3, 0.4) is 0 Å². The number of nitrogens with one attached hydrogen (secondary N) is 2. The molecule has 3 rings (SSSR count). The Morgan fingerprint density at radius 2 is 2.59 bits per heavy atom. The highest BCUT2D eigenvalue weighted by molar-refractivity contribution is 7.13. The molecule has 0 radical (unpaired) electrons. The molecule has 1 atom stereocenters. The number of aromatic nitrogens is 1. The maximum atomic E-state index is 5.47. The van der Waals surface area contributed by atoms with Crippen LogP contribution in [0.5, 0.6) is 0 Å². The fourth-order valence-corrected chi connectivity index (χ4v) is 2.63. The molecule has 5 heteroatoms. The molecule has 1 fully saturated rings. The Balaban J connectivity index is 1.60. The fourth-order valence-electron chi connectivity index (χ4n) is 1.98. The van der Waals surface area contributed by atoms with E-state index in [-0.39, 0.29) is 0 Å². The van der Waals surface area contributed by atoms with Crippen molar-refractivity contribution < 1.29 is 4.42 Å². The highest BCUT2D eigenvalue weighted by Crippen LogP contribution is 2.23. The van der Waals surface area contributed by atoms with Gasteiger partial charge in [-0.2, -0.15) is 0 Å². The summed E-state index contributed by atoms with van der Waals surface area (Å²) < 4.78 is 5.47. The van der Waals surface area contributed by atoms with Gasteiger partial charge in [0.05, 0.1) is 10.6 Å². The molecule has 0 amide bonds. The van der Waals surface area contributed by atoms with Crippen LogP contribution in [0.15, 0.2) is 28.2 Å². The van der Waals surface area contributed by atoms with Gasteiger partial charge in [-0.3, -0.25) is 0 Å². The van der Waals surface area contributed by atoms with Gasteiger partial charge in [-0.25, -0.2) is 4.98 Å². The highest BCUT2D eigenvalue weighted by atomic mass is 32.1. The third-order valence-electron chi connectivity index (χ3n) is 2.92. The Hall–Kier alpha value is -1.17. The van der Waals surface area contributed by atoms with Crippen LogP contribution in [0.25, 0.3) is 10.8 Å². The van der Waals surface area contributed by atoms with Crippen molar-refractivity contribution in [3.05, 3.63) is 29.5 Å². The fraction of sp³-hybridized carbons (Fsp3) is 0.417. The van der Waals surface area contributed by atoms with E-state index in [1.165, 1.54) is 6.42 Å². The van der Waals surface area contributed by atoms with Gasteiger partial charge < -0.3 is 15.1 Å². The average molecular weight is 249 g/mol. The molecule has 1 aliphatic rings. The van der Waals surface area contributed by atoms with E-state index in [2.05, 4.69) is 15.6 Å². The monoisotopic (exact) mass is 249 g/mol. The van der Waals surface area contributed by atoms with Crippen LogP contribution >= 0.6 is 11.3 Å². The summed E-state index contributed by atoms with van der Waals surface area (Å²) in [6, 6.07) is 4.60. The second-order valence-electron chi connectivity index (χ2n) is 4.19. The molecule has 0 spiro atoms. The minimum atomic E-state index is 0.567. The third-order valence-corrected chi connectivity index (χ3v) is 3.77. The van der Waals surface area contributed by atoms with Crippen molar-refractivity contribution in [2.45, 2.75) is 19.0 Å². The lowest BCUT2D eigenvalue weighted by Crippen LogP contribution is -2.30. The number of nitrogens with zero attached hydrogens (tertiary/aromatic N) is 1. The van der Waals surface area contributed by atoms with E-state index in [9.17, 15) is 0 Å². The van der Waals surface area contributed by atoms with Crippen molar-refractivity contribution in [3.8, 4) is 10.8 Å². The Bertz CT molecular complexity index is 460. The molecule has 17 heavy (non-hydrogen) atoms.